The number of ether oxygens (including phenoxy) is 1. The van der Waals surface area contributed by atoms with Crippen LogP contribution >= 0.6 is 10.7 Å². The van der Waals surface area contributed by atoms with Crippen LogP contribution in [0.25, 0.3) is 0 Å². The lowest BCUT2D eigenvalue weighted by Crippen LogP contribution is -2.30. The van der Waals surface area contributed by atoms with Gasteiger partial charge in [0, 0.05) is 16.7 Å². The normalized spacial score (nSPS) is 29.7. The van der Waals surface area contributed by atoms with E-state index in [0.717, 1.165) is 18.4 Å². The molecule has 2 atom stereocenters. The van der Waals surface area contributed by atoms with Crippen molar-refractivity contribution < 1.29 is 17.9 Å². The van der Waals surface area contributed by atoms with Crippen molar-refractivity contribution in [3.8, 4) is 0 Å². The molecular formula is C15H18ClNO4S. The van der Waals surface area contributed by atoms with Gasteiger partial charge in [0.05, 0.1) is 5.75 Å². The summed E-state index contributed by atoms with van der Waals surface area (Å²) in [7, 11) is 1.85. The van der Waals surface area contributed by atoms with E-state index in [2.05, 4.69) is 5.32 Å². The number of rotatable bonds is 5. The molecule has 1 aromatic rings. The van der Waals surface area contributed by atoms with Gasteiger partial charge in [0.2, 0.25) is 9.05 Å². The molecule has 1 aromatic carbocycles. The Balaban J connectivity index is 1.39. The van der Waals surface area contributed by atoms with Gasteiger partial charge in [-0.2, -0.15) is 0 Å². The molecule has 3 rings (SSSR count). The summed E-state index contributed by atoms with van der Waals surface area (Å²) >= 11 is 0. The third-order valence-electron chi connectivity index (χ3n) is 4.47. The third kappa shape index (κ3) is 3.93. The topological polar surface area (TPSA) is 72.5 Å². The van der Waals surface area contributed by atoms with E-state index in [9.17, 15) is 13.2 Å². The van der Waals surface area contributed by atoms with E-state index >= 15 is 0 Å². The van der Waals surface area contributed by atoms with Gasteiger partial charge in [-0.3, -0.25) is 0 Å². The van der Waals surface area contributed by atoms with Crippen LogP contribution < -0.4 is 5.32 Å². The smallest absolute Gasteiger partial charge is 0.407 e. The van der Waals surface area contributed by atoms with Crippen molar-refractivity contribution in [2.75, 3.05) is 5.75 Å². The minimum absolute atomic E-state index is 0.0345. The fourth-order valence-corrected chi connectivity index (χ4v) is 4.86. The van der Waals surface area contributed by atoms with E-state index in [0.29, 0.717) is 11.8 Å². The summed E-state index contributed by atoms with van der Waals surface area (Å²) in [5, 5.41) is 2.87. The van der Waals surface area contributed by atoms with Crippen LogP contribution in [0.15, 0.2) is 30.3 Å². The van der Waals surface area contributed by atoms with Crippen molar-refractivity contribution in [1.82, 2.24) is 5.32 Å². The maximum Gasteiger partial charge on any atom is 0.407 e. The molecule has 5 nitrogen and oxygen atoms in total. The molecule has 0 aromatic heterocycles. The average molecular weight is 344 g/mol. The first kappa shape index (κ1) is 15.6. The Labute approximate surface area is 134 Å². The predicted octanol–water partition coefficient (Wildman–Crippen LogP) is 2.51. The molecule has 1 amide bonds. The summed E-state index contributed by atoms with van der Waals surface area (Å²) in [6.07, 6.45) is 1.20. The maximum absolute atomic E-state index is 11.8. The second-order valence-corrected chi connectivity index (χ2v) is 8.92. The molecule has 0 heterocycles. The van der Waals surface area contributed by atoms with Crippen LogP contribution in [0, 0.1) is 17.8 Å². The summed E-state index contributed by atoms with van der Waals surface area (Å²) in [5.74, 6) is 0.892. The molecule has 7 heteroatoms. The van der Waals surface area contributed by atoms with Crippen LogP contribution in [0.3, 0.4) is 0 Å². The lowest BCUT2D eigenvalue weighted by Gasteiger charge is -2.13. The van der Waals surface area contributed by atoms with Gasteiger partial charge in [0.1, 0.15) is 6.61 Å². The van der Waals surface area contributed by atoms with Crippen LogP contribution in [0.4, 0.5) is 4.79 Å². The third-order valence-corrected chi connectivity index (χ3v) is 5.72. The van der Waals surface area contributed by atoms with E-state index in [-0.39, 0.29) is 24.3 Å². The molecule has 120 valence electrons. The molecule has 2 unspecified atom stereocenters. The standard InChI is InChI=1S/C15H18ClNO4S/c16-22(19,20)9-11-6-12-13(7-11)14(12)17-15(18)21-8-10-4-2-1-3-5-10/h1-5,11-14H,6-9H2,(H,17,18). The second kappa shape index (κ2) is 6.08. The van der Waals surface area contributed by atoms with Crippen molar-refractivity contribution in [1.29, 1.82) is 0 Å². The summed E-state index contributed by atoms with van der Waals surface area (Å²) in [6.45, 7) is 0.252. The average Bonchev–Trinajstić information content (AvgIpc) is 2.90. The number of amides is 1. The Kier molecular flexibility index (Phi) is 4.32. The minimum atomic E-state index is -3.43. The first-order valence-electron chi connectivity index (χ1n) is 7.32. The first-order valence-corrected chi connectivity index (χ1v) is 9.80. The molecule has 0 spiro atoms. The highest BCUT2D eigenvalue weighted by Crippen LogP contribution is 2.54. The summed E-state index contributed by atoms with van der Waals surface area (Å²) in [6, 6.07) is 9.62. The largest absolute Gasteiger partial charge is 0.445 e. The Hall–Kier alpha value is -1.27. The number of hydrogen-bond donors (Lipinski definition) is 1. The monoisotopic (exact) mass is 343 g/mol. The van der Waals surface area contributed by atoms with Crippen molar-refractivity contribution in [2.24, 2.45) is 17.8 Å². The van der Waals surface area contributed by atoms with E-state index in [1.807, 2.05) is 30.3 Å². The van der Waals surface area contributed by atoms with Gasteiger partial charge in [-0.25, -0.2) is 13.2 Å². The van der Waals surface area contributed by atoms with Gasteiger partial charge in [-0.15, -0.1) is 0 Å². The predicted molar refractivity (Wildman–Crippen MR) is 82.9 cm³/mol. The first-order chi connectivity index (χ1) is 10.4. The number of alkyl carbamates (subject to hydrolysis) is 1. The number of fused-ring (bicyclic) bond motifs is 1. The highest BCUT2D eigenvalue weighted by molar-refractivity contribution is 8.13. The zero-order chi connectivity index (χ0) is 15.7. The number of carbonyl (C=O) groups excluding carboxylic acids is 1. The number of carbonyl (C=O) groups is 1. The van der Waals surface area contributed by atoms with Crippen molar-refractivity contribution >= 4 is 25.8 Å². The van der Waals surface area contributed by atoms with Crippen LogP contribution in [0.1, 0.15) is 18.4 Å². The number of benzene rings is 1. The van der Waals surface area contributed by atoms with E-state index in [1.54, 1.807) is 0 Å². The maximum atomic E-state index is 11.8. The molecule has 2 aliphatic rings. The molecule has 2 aliphatic carbocycles. The van der Waals surface area contributed by atoms with E-state index < -0.39 is 15.1 Å². The molecule has 0 bridgehead atoms. The molecular weight excluding hydrogens is 326 g/mol. The van der Waals surface area contributed by atoms with Crippen LogP contribution in [-0.2, 0) is 20.4 Å². The highest BCUT2D eigenvalue weighted by atomic mass is 35.7. The zero-order valence-electron chi connectivity index (χ0n) is 11.9. The fourth-order valence-electron chi connectivity index (χ4n) is 3.49. The second-order valence-electron chi connectivity index (χ2n) is 6.10. The van der Waals surface area contributed by atoms with E-state index in [4.69, 9.17) is 15.4 Å². The van der Waals surface area contributed by atoms with Crippen molar-refractivity contribution in [3.63, 3.8) is 0 Å². The molecule has 1 N–H and O–H groups in total. The highest BCUT2D eigenvalue weighted by Gasteiger charge is 2.57. The van der Waals surface area contributed by atoms with Gasteiger partial charge in [0.25, 0.3) is 0 Å². The van der Waals surface area contributed by atoms with Gasteiger partial charge in [-0.1, -0.05) is 30.3 Å². The number of nitrogens with one attached hydrogen (secondary N) is 1. The van der Waals surface area contributed by atoms with Crippen LogP contribution in [0.2, 0.25) is 0 Å². The Bertz CT molecular complexity index is 637. The summed E-state index contributed by atoms with van der Waals surface area (Å²) in [5.41, 5.74) is 0.945. The molecule has 0 aliphatic heterocycles. The number of halogens is 1. The molecule has 22 heavy (non-hydrogen) atoms. The summed E-state index contributed by atoms with van der Waals surface area (Å²) in [4.78, 5) is 11.8. The fraction of sp³-hybridized carbons (Fsp3) is 0.533. The summed E-state index contributed by atoms with van der Waals surface area (Å²) < 4.78 is 27.3. The molecule has 0 radical (unpaired) electrons. The minimum Gasteiger partial charge on any atom is -0.445 e. The molecule has 2 fully saturated rings. The van der Waals surface area contributed by atoms with Crippen LogP contribution in [0.5, 0.6) is 0 Å². The molecule has 2 saturated carbocycles. The Morgan fingerprint density at radius 2 is 1.86 bits per heavy atom. The Morgan fingerprint density at radius 1 is 1.23 bits per heavy atom. The van der Waals surface area contributed by atoms with Gasteiger partial charge in [-0.05, 0) is 36.2 Å². The SMILES string of the molecule is O=C(NC1C2CC(CS(=O)(=O)Cl)CC21)OCc1ccccc1. The van der Waals surface area contributed by atoms with Crippen molar-refractivity contribution in [2.45, 2.75) is 25.5 Å². The lowest BCUT2D eigenvalue weighted by atomic mass is 10.1. The molecule has 0 saturated heterocycles. The van der Waals surface area contributed by atoms with Gasteiger partial charge < -0.3 is 10.1 Å². The zero-order valence-corrected chi connectivity index (χ0v) is 13.5. The number of hydrogen-bond acceptors (Lipinski definition) is 4. The lowest BCUT2D eigenvalue weighted by molar-refractivity contribution is 0.137. The Morgan fingerprint density at radius 3 is 2.45 bits per heavy atom. The van der Waals surface area contributed by atoms with E-state index in [1.165, 1.54) is 0 Å². The quantitative estimate of drug-likeness (QED) is 0.834. The van der Waals surface area contributed by atoms with Crippen LogP contribution in [-0.4, -0.2) is 26.3 Å². The van der Waals surface area contributed by atoms with Crippen molar-refractivity contribution in [3.05, 3.63) is 35.9 Å². The van der Waals surface area contributed by atoms with Gasteiger partial charge in [0.15, 0.2) is 0 Å². The van der Waals surface area contributed by atoms with Gasteiger partial charge >= 0.3 is 6.09 Å².